The van der Waals surface area contributed by atoms with Gasteiger partial charge in [0.15, 0.2) is 0 Å². The second kappa shape index (κ2) is 15.0. The average molecular weight is 351 g/mol. The van der Waals surface area contributed by atoms with E-state index in [0.29, 0.717) is 12.2 Å². The number of allylic oxidation sites excluding steroid dienone is 3. The van der Waals surface area contributed by atoms with E-state index in [1.54, 1.807) is 30.3 Å². The molecule has 0 aromatic carbocycles. The smallest absolute Gasteiger partial charge is 0.297 e. The lowest BCUT2D eigenvalue weighted by Crippen LogP contribution is -2.33. The van der Waals surface area contributed by atoms with Crippen molar-refractivity contribution in [2.75, 3.05) is 20.1 Å². The molecule has 0 radical (unpaired) electrons. The van der Waals surface area contributed by atoms with Gasteiger partial charge < -0.3 is 20.3 Å². The van der Waals surface area contributed by atoms with Gasteiger partial charge in [-0.3, -0.25) is 14.4 Å². The Bertz CT molecular complexity index is 499. The largest absolute Gasteiger partial charge is 0.437 e. The third kappa shape index (κ3) is 11.6. The van der Waals surface area contributed by atoms with E-state index < -0.39 is 0 Å². The fourth-order valence-corrected chi connectivity index (χ4v) is 1.94. The van der Waals surface area contributed by atoms with Crippen molar-refractivity contribution in [1.29, 1.82) is 0 Å². The molecule has 0 rings (SSSR count). The number of carbonyl (C=O) groups excluding carboxylic acids is 3. The van der Waals surface area contributed by atoms with Crippen molar-refractivity contribution in [2.45, 2.75) is 39.5 Å². The molecule has 0 aromatic rings. The summed E-state index contributed by atoms with van der Waals surface area (Å²) >= 11 is 0. The summed E-state index contributed by atoms with van der Waals surface area (Å²) in [5, 5.41) is 5.50. The molecule has 0 saturated heterocycles. The van der Waals surface area contributed by atoms with Gasteiger partial charge in [0.25, 0.3) is 6.47 Å². The number of rotatable bonds is 13. The van der Waals surface area contributed by atoms with Crippen molar-refractivity contribution in [1.82, 2.24) is 15.5 Å². The molecule has 0 atom stereocenters. The van der Waals surface area contributed by atoms with Crippen molar-refractivity contribution < 1.29 is 19.1 Å². The van der Waals surface area contributed by atoms with E-state index in [1.807, 2.05) is 6.92 Å². The first-order valence-electron chi connectivity index (χ1n) is 8.46. The summed E-state index contributed by atoms with van der Waals surface area (Å²) in [6.07, 6.45) is 9.86. The second-order valence-electron chi connectivity index (χ2n) is 5.18. The molecule has 0 aromatic heterocycles. The van der Waals surface area contributed by atoms with Crippen LogP contribution >= 0.6 is 0 Å². The highest BCUT2D eigenvalue weighted by Crippen LogP contribution is 2.02. The molecular formula is C18H29N3O4. The highest BCUT2D eigenvalue weighted by atomic mass is 16.5. The van der Waals surface area contributed by atoms with Crippen LogP contribution in [0.25, 0.3) is 0 Å². The second-order valence-corrected chi connectivity index (χ2v) is 5.18. The average Bonchev–Trinajstić information content (AvgIpc) is 2.60. The number of nitrogens with zero attached hydrogens (tertiary/aromatic N) is 1. The van der Waals surface area contributed by atoms with Gasteiger partial charge in [0, 0.05) is 38.7 Å². The normalized spacial score (nSPS) is 11.6. The number of nitrogens with one attached hydrogen (secondary N) is 2. The Morgan fingerprint density at radius 3 is 2.56 bits per heavy atom. The van der Waals surface area contributed by atoms with Gasteiger partial charge >= 0.3 is 0 Å². The summed E-state index contributed by atoms with van der Waals surface area (Å²) in [7, 11) is 1.75. The van der Waals surface area contributed by atoms with Crippen LogP contribution in [0.4, 0.5) is 0 Å². The van der Waals surface area contributed by atoms with Gasteiger partial charge in [-0.05, 0) is 37.8 Å². The number of ether oxygens (including phenoxy) is 1. The summed E-state index contributed by atoms with van der Waals surface area (Å²) in [5.41, 5.74) is 0.448. The van der Waals surface area contributed by atoms with Crippen LogP contribution in [0.3, 0.4) is 0 Å². The molecule has 0 aliphatic rings. The molecule has 0 spiro atoms. The first-order valence-corrected chi connectivity index (χ1v) is 8.46. The number of hydrogen-bond donors (Lipinski definition) is 2. The van der Waals surface area contributed by atoms with Crippen LogP contribution in [0.1, 0.15) is 39.5 Å². The Kier molecular flexibility index (Phi) is 13.4. The third-order valence-corrected chi connectivity index (χ3v) is 3.29. The van der Waals surface area contributed by atoms with Gasteiger partial charge in [0.1, 0.15) is 0 Å². The summed E-state index contributed by atoms with van der Waals surface area (Å²) in [4.78, 5) is 36.1. The molecule has 0 unspecified atom stereocenters. The lowest BCUT2D eigenvalue weighted by molar-refractivity contribution is -0.133. The minimum Gasteiger partial charge on any atom is -0.437 e. The van der Waals surface area contributed by atoms with Crippen molar-refractivity contribution in [3.63, 3.8) is 0 Å². The van der Waals surface area contributed by atoms with E-state index in [9.17, 15) is 14.4 Å². The molecule has 7 nitrogen and oxygen atoms in total. The zero-order chi connectivity index (χ0) is 18.9. The molecule has 140 valence electrons. The van der Waals surface area contributed by atoms with E-state index in [0.717, 1.165) is 19.4 Å². The third-order valence-electron chi connectivity index (χ3n) is 3.29. The molecule has 25 heavy (non-hydrogen) atoms. The van der Waals surface area contributed by atoms with Crippen molar-refractivity contribution in [3.05, 3.63) is 36.4 Å². The van der Waals surface area contributed by atoms with Crippen LogP contribution < -0.4 is 10.6 Å². The van der Waals surface area contributed by atoms with Crippen LogP contribution in [0.2, 0.25) is 0 Å². The maximum Gasteiger partial charge on any atom is 0.297 e. The van der Waals surface area contributed by atoms with Crippen LogP contribution in [0.15, 0.2) is 36.4 Å². The lowest BCUT2D eigenvalue weighted by Gasteiger charge is -2.20. The van der Waals surface area contributed by atoms with Gasteiger partial charge in [-0.15, -0.1) is 0 Å². The molecular weight excluding hydrogens is 322 g/mol. The molecule has 0 aliphatic heterocycles. The first-order chi connectivity index (χ1) is 12.1. The van der Waals surface area contributed by atoms with Gasteiger partial charge in [-0.2, -0.15) is 0 Å². The maximum absolute atomic E-state index is 12.1. The molecule has 0 fully saturated rings. The summed E-state index contributed by atoms with van der Waals surface area (Å²) in [6.45, 7) is 5.66. The molecule has 0 aliphatic carbocycles. The zero-order valence-electron chi connectivity index (χ0n) is 15.3. The topological polar surface area (TPSA) is 87.7 Å². The standard InChI is InChI=1S/C18H29N3O4/c1-4-6-13-21(5-2)18(24)10-9-17(23)20-16(8-7-12-19-3)11-14-25-15-22/h7-8,11-12,14-15,19H,4-6,9-10,13H2,1-3H3,(H,20,23)/b12-7+,14-11+,16-8+. The first kappa shape index (κ1) is 22.4. The Hall–Kier alpha value is -2.57. The SMILES string of the molecule is CCCCN(CC)C(=O)CCC(=O)NC(/C=C/OC=O)=C/C=C/NC. The van der Waals surface area contributed by atoms with Crippen LogP contribution in [0, 0.1) is 0 Å². The number of unbranched alkanes of at least 4 members (excludes halogenated alkanes) is 1. The molecule has 0 bridgehead atoms. The molecule has 2 amide bonds. The van der Waals surface area contributed by atoms with E-state index in [1.165, 1.54) is 12.3 Å². The zero-order valence-corrected chi connectivity index (χ0v) is 15.3. The predicted octanol–water partition coefficient (Wildman–Crippen LogP) is 1.84. The number of amides is 2. The Labute approximate surface area is 149 Å². The van der Waals surface area contributed by atoms with E-state index in [4.69, 9.17) is 0 Å². The van der Waals surface area contributed by atoms with Gasteiger partial charge in [-0.1, -0.05) is 13.3 Å². The number of hydrogen-bond acceptors (Lipinski definition) is 5. The molecule has 0 saturated carbocycles. The Morgan fingerprint density at radius 1 is 1.20 bits per heavy atom. The van der Waals surface area contributed by atoms with Crippen molar-refractivity contribution >= 4 is 18.3 Å². The number of carbonyl (C=O) groups is 3. The summed E-state index contributed by atoms with van der Waals surface area (Å²) < 4.78 is 4.48. The van der Waals surface area contributed by atoms with Gasteiger partial charge in [0.05, 0.1) is 6.26 Å². The summed E-state index contributed by atoms with van der Waals surface area (Å²) in [6, 6.07) is 0. The predicted molar refractivity (Wildman–Crippen MR) is 97.1 cm³/mol. The Morgan fingerprint density at radius 2 is 1.96 bits per heavy atom. The lowest BCUT2D eigenvalue weighted by atomic mass is 10.2. The molecule has 2 N–H and O–H groups in total. The minimum absolute atomic E-state index is 0.0217. The van der Waals surface area contributed by atoms with Crippen LogP contribution in [-0.4, -0.2) is 43.3 Å². The van der Waals surface area contributed by atoms with E-state index in [2.05, 4.69) is 22.3 Å². The highest BCUT2D eigenvalue weighted by molar-refractivity contribution is 5.84. The van der Waals surface area contributed by atoms with Gasteiger partial charge in [0.2, 0.25) is 11.8 Å². The molecule has 0 heterocycles. The van der Waals surface area contributed by atoms with Crippen LogP contribution in [0.5, 0.6) is 0 Å². The molecule has 7 heteroatoms. The van der Waals surface area contributed by atoms with Gasteiger partial charge in [-0.25, -0.2) is 0 Å². The fraction of sp³-hybridized carbons (Fsp3) is 0.500. The quantitative estimate of drug-likeness (QED) is 0.300. The minimum atomic E-state index is -0.278. The van der Waals surface area contributed by atoms with E-state index in [-0.39, 0.29) is 31.1 Å². The highest BCUT2D eigenvalue weighted by Gasteiger charge is 2.13. The van der Waals surface area contributed by atoms with E-state index >= 15 is 0 Å². The summed E-state index contributed by atoms with van der Waals surface area (Å²) in [5.74, 6) is -0.300. The fourth-order valence-electron chi connectivity index (χ4n) is 1.94. The monoisotopic (exact) mass is 351 g/mol. The maximum atomic E-state index is 12.1. The Balaban J connectivity index is 4.58. The van der Waals surface area contributed by atoms with Crippen molar-refractivity contribution in [2.24, 2.45) is 0 Å². The van der Waals surface area contributed by atoms with Crippen molar-refractivity contribution in [3.8, 4) is 0 Å². The van der Waals surface area contributed by atoms with Crippen LogP contribution in [-0.2, 0) is 19.1 Å².